The molecule has 0 atom stereocenters. The number of carbonyl (C=O) groups is 1. The first-order chi connectivity index (χ1) is 5.66. The topological polar surface area (TPSA) is 20.3 Å². The van der Waals surface area contributed by atoms with Crippen LogP contribution in [-0.4, -0.2) is 29.3 Å². The number of nitrogens with zero attached hydrogens (tertiary/aromatic N) is 1. The van der Waals surface area contributed by atoms with E-state index >= 15 is 0 Å². The van der Waals surface area contributed by atoms with Gasteiger partial charge in [0.2, 0.25) is 5.91 Å². The van der Waals surface area contributed by atoms with Crippen molar-refractivity contribution < 1.29 is 4.79 Å². The van der Waals surface area contributed by atoms with Crippen molar-refractivity contribution >= 4 is 17.5 Å². The number of hydrogen-bond donors (Lipinski definition) is 0. The van der Waals surface area contributed by atoms with Crippen LogP contribution in [0.4, 0.5) is 0 Å². The Kier molecular flexibility index (Phi) is 3.39. The average molecular weight is 190 g/mol. The van der Waals surface area contributed by atoms with Crippen LogP contribution in [0.1, 0.15) is 26.7 Å². The van der Waals surface area contributed by atoms with Crippen LogP contribution < -0.4 is 0 Å². The maximum Gasteiger partial charge on any atom is 0.225 e. The Morgan fingerprint density at radius 3 is 2.50 bits per heavy atom. The van der Waals surface area contributed by atoms with E-state index in [1.807, 2.05) is 18.7 Å². The average Bonchev–Trinajstić information content (AvgIpc) is 2.81. The van der Waals surface area contributed by atoms with Crippen LogP contribution in [0.5, 0.6) is 0 Å². The summed E-state index contributed by atoms with van der Waals surface area (Å²) < 4.78 is 0. The fourth-order valence-corrected chi connectivity index (χ4v) is 1.46. The lowest BCUT2D eigenvalue weighted by molar-refractivity contribution is -0.134. The Labute approximate surface area is 78.9 Å². The molecule has 0 unspecified atom stereocenters. The normalized spacial score (nSPS) is 16.7. The zero-order valence-electron chi connectivity index (χ0n) is 7.72. The molecule has 1 rings (SSSR count). The SMILES string of the molecule is CC(C)C(=O)N(CCCl)C1CC1. The third-order valence-electron chi connectivity index (χ3n) is 2.09. The Balaban J connectivity index is 2.46. The Bertz CT molecular complexity index is 166. The third kappa shape index (κ3) is 2.37. The van der Waals surface area contributed by atoms with Crippen LogP contribution in [-0.2, 0) is 4.79 Å². The Hall–Kier alpha value is -0.240. The molecule has 12 heavy (non-hydrogen) atoms. The van der Waals surface area contributed by atoms with Crippen molar-refractivity contribution in [1.29, 1.82) is 0 Å². The summed E-state index contributed by atoms with van der Waals surface area (Å²) in [5.41, 5.74) is 0. The van der Waals surface area contributed by atoms with E-state index in [0.29, 0.717) is 18.5 Å². The number of amides is 1. The minimum atomic E-state index is 0.105. The maximum atomic E-state index is 11.6. The smallest absolute Gasteiger partial charge is 0.225 e. The third-order valence-corrected chi connectivity index (χ3v) is 2.26. The molecule has 0 saturated heterocycles. The van der Waals surface area contributed by atoms with Crippen molar-refractivity contribution in [3.05, 3.63) is 0 Å². The molecule has 3 heteroatoms. The number of alkyl halides is 1. The van der Waals surface area contributed by atoms with Gasteiger partial charge in [0.1, 0.15) is 0 Å². The lowest BCUT2D eigenvalue weighted by Crippen LogP contribution is -2.37. The minimum absolute atomic E-state index is 0.105. The highest BCUT2D eigenvalue weighted by molar-refractivity contribution is 6.18. The largest absolute Gasteiger partial charge is 0.338 e. The molecule has 0 heterocycles. The quantitative estimate of drug-likeness (QED) is 0.619. The summed E-state index contributed by atoms with van der Waals surface area (Å²) in [6.45, 7) is 4.58. The van der Waals surface area contributed by atoms with Crippen molar-refractivity contribution in [2.75, 3.05) is 12.4 Å². The summed E-state index contributed by atoms with van der Waals surface area (Å²) >= 11 is 5.62. The highest BCUT2D eigenvalue weighted by atomic mass is 35.5. The van der Waals surface area contributed by atoms with Gasteiger partial charge in [-0.05, 0) is 12.8 Å². The van der Waals surface area contributed by atoms with Crippen LogP contribution >= 0.6 is 11.6 Å². The molecule has 1 aliphatic rings. The van der Waals surface area contributed by atoms with Crippen molar-refractivity contribution in [1.82, 2.24) is 4.90 Å². The van der Waals surface area contributed by atoms with Gasteiger partial charge < -0.3 is 4.90 Å². The number of rotatable bonds is 4. The summed E-state index contributed by atoms with van der Waals surface area (Å²) in [5, 5.41) is 0. The second-order valence-corrected chi connectivity index (χ2v) is 3.98. The molecule has 0 aromatic rings. The van der Waals surface area contributed by atoms with Gasteiger partial charge in [-0.1, -0.05) is 13.8 Å². The van der Waals surface area contributed by atoms with E-state index in [2.05, 4.69) is 0 Å². The molecule has 0 aromatic heterocycles. The highest BCUT2D eigenvalue weighted by Gasteiger charge is 2.32. The van der Waals surface area contributed by atoms with Gasteiger partial charge in [0.15, 0.2) is 0 Å². The predicted molar refractivity (Wildman–Crippen MR) is 50.3 cm³/mol. The van der Waals surface area contributed by atoms with Crippen LogP contribution in [0.15, 0.2) is 0 Å². The van der Waals surface area contributed by atoms with Gasteiger partial charge in [-0.15, -0.1) is 11.6 Å². The lowest BCUT2D eigenvalue weighted by Gasteiger charge is -2.23. The van der Waals surface area contributed by atoms with E-state index in [9.17, 15) is 4.79 Å². The number of hydrogen-bond acceptors (Lipinski definition) is 1. The lowest BCUT2D eigenvalue weighted by atomic mass is 10.2. The van der Waals surface area contributed by atoms with Gasteiger partial charge >= 0.3 is 0 Å². The van der Waals surface area contributed by atoms with Crippen LogP contribution in [0.25, 0.3) is 0 Å². The molecule has 1 amide bonds. The molecular formula is C9H16ClNO. The molecule has 0 spiro atoms. The highest BCUT2D eigenvalue weighted by Crippen LogP contribution is 2.27. The second-order valence-electron chi connectivity index (χ2n) is 3.61. The zero-order valence-corrected chi connectivity index (χ0v) is 8.47. The molecule has 1 fully saturated rings. The van der Waals surface area contributed by atoms with E-state index < -0.39 is 0 Å². The molecule has 0 bridgehead atoms. The first kappa shape index (κ1) is 9.85. The van der Waals surface area contributed by atoms with Crippen molar-refractivity contribution in [3.8, 4) is 0 Å². The molecule has 2 nitrogen and oxygen atoms in total. The summed E-state index contributed by atoms with van der Waals surface area (Å²) in [6.07, 6.45) is 2.32. The van der Waals surface area contributed by atoms with E-state index in [-0.39, 0.29) is 11.8 Å². The standard InChI is InChI=1S/C9H16ClNO/c1-7(2)9(12)11(6-5-10)8-3-4-8/h7-8H,3-6H2,1-2H3. The summed E-state index contributed by atoms with van der Waals surface area (Å²) in [7, 11) is 0. The molecule has 1 aliphatic carbocycles. The van der Waals surface area contributed by atoms with Crippen LogP contribution in [0.2, 0.25) is 0 Å². The summed E-state index contributed by atoms with van der Waals surface area (Å²) in [4.78, 5) is 13.5. The van der Waals surface area contributed by atoms with E-state index in [1.165, 1.54) is 0 Å². The summed E-state index contributed by atoms with van der Waals surface area (Å²) in [5.74, 6) is 0.904. The molecule has 0 radical (unpaired) electrons. The molecule has 1 saturated carbocycles. The van der Waals surface area contributed by atoms with Gasteiger partial charge in [0.25, 0.3) is 0 Å². The van der Waals surface area contributed by atoms with Gasteiger partial charge in [0, 0.05) is 24.4 Å². The fraction of sp³-hybridized carbons (Fsp3) is 0.889. The first-order valence-corrected chi connectivity index (χ1v) is 5.06. The number of carbonyl (C=O) groups excluding carboxylic acids is 1. The second kappa shape index (κ2) is 4.13. The van der Waals surface area contributed by atoms with Crippen molar-refractivity contribution in [2.24, 2.45) is 5.92 Å². The minimum Gasteiger partial charge on any atom is -0.338 e. The summed E-state index contributed by atoms with van der Waals surface area (Å²) in [6, 6.07) is 0.499. The van der Waals surface area contributed by atoms with Crippen LogP contribution in [0.3, 0.4) is 0 Å². The van der Waals surface area contributed by atoms with Gasteiger partial charge in [0.05, 0.1) is 0 Å². The van der Waals surface area contributed by atoms with Crippen molar-refractivity contribution in [3.63, 3.8) is 0 Å². The Morgan fingerprint density at radius 1 is 1.58 bits per heavy atom. The molecule has 0 aromatic carbocycles. The zero-order chi connectivity index (χ0) is 9.14. The van der Waals surface area contributed by atoms with Gasteiger partial charge in [-0.2, -0.15) is 0 Å². The van der Waals surface area contributed by atoms with Gasteiger partial charge in [-0.3, -0.25) is 4.79 Å². The molecular weight excluding hydrogens is 174 g/mol. The van der Waals surface area contributed by atoms with Crippen LogP contribution in [0, 0.1) is 5.92 Å². The number of halogens is 1. The fourth-order valence-electron chi connectivity index (χ4n) is 1.28. The molecule has 70 valence electrons. The molecule has 0 aliphatic heterocycles. The van der Waals surface area contributed by atoms with E-state index in [0.717, 1.165) is 12.8 Å². The molecule has 0 N–H and O–H groups in total. The predicted octanol–water partition coefficient (Wildman–Crippen LogP) is 1.87. The van der Waals surface area contributed by atoms with Gasteiger partial charge in [-0.25, -0.2) is 0 Å². The van der Waals surface area contributed by atoms with Crippen molar-refractivity contribution in [2.45, 2.75) is 32.7 Å². The van der Waals surface area contributed by atoms with E-state index in [4.69, 9.17) is 11.6 Å². The Morgan fingerprint density at radius 2 is 2.17 bits per heavy atom. The van der Waals surface area contributed by atoms with E-state index in [1.54, 1.807) is 0 Å². The monoisotopic (exact) mass is 189 g/mol. The first-order valence-electron chi connectivity index (χ1n) is 4.53. The maximum absolute atomic E-state index is 11.6.